The number of benzene rings is 1. The third kappa shape index (κ3) is 3.88. The predicted molar refractivity (Wildman–Crippen MR) is 90.0 cm³/mol. The highest BCUT2D eigenvalue weighted by atomic mass is 19.1. The minimum Gasteiger partial charge on any atom is -0.352 e. The normalized spacial score (nSPS) is 17.6. The molecule has 1 saturated heterocycles. The lowest BCUT2D eigenvalue weighted by Crippen LogP contribution is -2.43. The molecule has 1 atom stereocenters. The van der Waals surface area contributed by atoms with Gasteiger partial charge in [0.15, 0.2) is 0 Å². The Balaban J connectivity index is 1.60. The number of rotatable bonds is 4. The Hall–Kier alpha value is -2.50. The van der Waals surface area contributed by atoms with Crippen molar-refractivity contribution >= 4 is 11.9 Å². The van der Waals surface area contributed by atoms with Crippen molar-refractivity contribution in [1.82, 2.24) is 15.3 Å². The molecule has 1 aliphatic heterocycles. The number of hydrogen-bond acceptors (Lipinski definition) is 4. The molecule has 1 aromatic heterocycles. The van der Waals surface area contributed by atoms with Gasteiger partial charge in [-0.3, -0.25) is 4.79 Å². The van der Waals surface area contributed by atoms with Gasteiger partial charge in [-0.15, -0.1) is 0 Å². The number of nitrogens with zero attached hydrogens (tertiary/aromatic N) is 3. The molecule has 0 aliphatic carbocycles. The monoisotopic (exact) mass is 328 g/mol. The molecule has 0 radical (unpaired) electrons. The first-order valence-electron chi connectivity index (χ1n) is 8.19. The van der Waals surface area contributed by atoms with Gasteiger partial charge in [0, 0.05) is 37.1 Å². The van der Waals surface area contributed by atoms with E-state index in [4.69, 9.17) is 0 Å². The third-order valence-corrected chi connectivity index (χ3v) is 4.27. The molecule has 2 aromatic rings. The molecule has 5 nitrogen and oxygen atoms in total. The molecule has 24 heavy (non-hydrogen) atoms. The molecule has 1 fully saturated rings. The van der Waals surface area contributed by atoms with E-state index in [1.54, 1.807) is 24.4 Å². The summed E-state index contributed by atoms with van der Waals surface area (Å²) in [6.07, 6.45) is 3.47. The van der Waals surface area contributed by atoms with Gasteiger partial charge in [-0.2, -0.15) is 0 Å². The van der Waals surface area contributed by atoms with Gasteiger partial charge in [0.05, 0.1) is 5.92 Å². The van der Waals surface area contributed by atoms with Crippen molar-refractivity contribution in [3.05, 3.63) is 53.6 Å². The summed E-state index contributed by atoms with van der Waals surface area (Å²) in [4.78, 5) is 23.2. The smallest absolute Gasteiger partial charge is 0.225 e. The van der Waals surface area contributed by atoms with Crippen LogP contribution in [-0.4, -0.2) is 29.0 Å². The van der Waals surface area contributed by atoms with Crippen LogP contribution in [0.3, 0.4) is 0 Å². The average Bonchev–Trinajstić information content (AvgIpc) is 2.61. The van der Waals surface area contributed by atoms with Crippen molar-refractivity contribution in [2.24, 2.45) is 5.92 Å². The van der Waals surface area contributed by atoms with Crippen LogP contribution in [0, 0.1) is 18.7 Å². The zero-order valence-corrected chi connectivity index (χ0v) is 13.7. The fraction of sp³-hybridized carbons (Fsp3) is 0.389. The molecule has 0 saturated carbocycles. The Bertz CT molecular complexity index is 722. The van der Waals surface area contributed by atoms with Crippen molar-refractivity contribution in [3.8, 4) is 0 Å². The number of aromatic nitrogens is 2. The third-order valence-electron chi connectivity index (χ3n) is 4.27. The van der Waals surface area contributed by atoms with E-state index < -0.39 is 0 Å². The van der Waals surface area contributed by atoms with Gasteiger partial charge in [0.2, 0.25) is 11.9 Å². The molecule has 1 aliphatic rings. The second-order valence-corrected chi connectivity index (χ2v) is 6.09. The Kier molecular flexibility index (Phi) is 5.03. The summed E-state index contributed by atoms with van der Waals surface area (Å²) in [7, 11) is 0. The first kappa shape index (κ1) is 16.4. The van der Waals surface area contributed by atoms with E-state index in [0.717, 1.165) is 25.1 Å². The molecule has 126 valence electrons. The van der Waals surface area contributed by atoms with Gasteiger partial charge < -0.3 is 10.2 Å². The summed E-state index contributed by atoms with van der Waals surface area (Å²) in [5.41, 5.74) is 1.41. The van der Waals surface area contributed by atoms with Crippen LogP contribution in [0.2, 0.25) is 0 Å². The highest BCUT2D eigenvalue weighted by Crippen LogP contribution is 2.20. The van der Waals surface area contributed by atoms with Crippen LogP contribution in [0.4, 0.5) is 10.3 Å². The highest BCUT2D eigenvalue weighted by molar-refractivity contribution is 5.79. The summed E-state index contributed by atoms with van der Waals surface area (Å²) in [5.74, 6) is 0.197. The molecular weight excluding hydrogens is 307 g/mol. The summed E-state index contributed by atoms with van der Waals surface area (Å²) in [6.45, 7) is 3.57. The summed E-state index contributed by atoms with van der Waals surface area (Å²) in [5, 5.41) is 2.85. The van der Waals surface area contributed by atoms with Crippen LogP contribution < -0.4 is 10.2 Å². The van der Waals surface area contributed by atoms with Gasteiger partial charge in [-0.25, -0.2) is 14.4 Å². The van der Waals surface area contributed by atoms with Crippen molar-refractivity contribution in [2.45, 2.75) is 26.3 Å². The van der Waals surface area contributed by atoms with E-state index in [1.807, 2.05) is 17.9 Å². The van der Waals surface area contributed by atoms with Gasteiger partial charge >= 0.3 is 0 Å². The minimum absolute atomic E-state index is 0.0457. The van der Waals surface area contributed by atoms with Crippen molar-refractivity contribution in [3.63, 3.8) is 0 Å². The van der Waals surface area contributed by atoms with Crippen LogP contribution in [0.15, 0.2) is 36.5 Å². The van der Waals surface area contributed by atoms with Crippen LogP contribution in [-0.2, 0) is 11.3 Å². The number of anilines is 1. The number of halogens is 1. The van der Waals surface area contributed by atoms with Gasteiger partial charge in [0.25, 0.3) is 0 Å². The first-order chi connectivity index (χ1) is 11.6. The summed E-state index contributed by atoms with van der Waals surface area (Å²) < 4.78 is 13.6. The second-order valence-electron chi connectivity index (χ2n) is 6.09. The summed E-state index contributed by atoms with van der Waals surface area (Å²) in [6, 6.07) is 8.35. The fourth-order valence-corrected chi connectivity index (χ4v) is 2.93. The van der Waals surface area contributed by atoms with E-state index in [0.29, 0.717) is 18.1 Å². The van der Waals surface area contributed by atoms with E-state index in [1.165, 1.54) is 6.07 Å². The molecule has 6 heteroatoms. The number of hydrogen-bond donors (Lipinski definition) is 1. The fourth-order valence-electron chi connectivity index (χ4n) is 2.93. The molecule has 0 spiro atoms. The van der Waals surface area contributed by atoms with Gasteiger partial charge in [-0.1, -0.05) is 18.2 Å². The molecule has 1 N–H and O–H groups in total. The average molecular weight is 328 g/mol. The maximum absolute atomic E-state index is 13.6. The van der Waals surface area contributed by atoms with E-state index >= 15 is 0 Å². The van der Waals surface area contributed by atoms with Crippen molar-refractivity contribution in [1.29, 1.82) is 0 Å². The summed E-state index contributed by atoms with van der Waals surface area (Å²) >= 11 is 0. The molecule has 2 heterocycles. The van der Waals surface area contributed by atoms with E-state index in [9.17, 15) is 9.18 Å². The first-order valence-corrected chi connectivity index (χ1v) is 8.19. The topological polar surface area (TPSA) is 58.1 Å². The van der Waals surface area contributed by atoms with Gasteiger partial charge in [-0.05, 0) is 31.9 Å². The Labute approximate surface area is 140 Å². The highest BCUT2D eigenvalue weighted by Gasteiger charge is 2.27. The van der Waals surface area contributed by atoms with Crippen LogP contribution >= 0.6 is 0 Å². The van der Waals surface area contributed by atoms with Crippen molar-refractivity contribution in [2.75, 3.05) is 18.0 Å². The number of aryl methyl sites for hydroxylation is 1. The Morgan fingerprint density at radius 2 is 2.21 bits per heavy atom. The number of carbonyl (C=O) groups is 1. The quantitative estimate of drug-likeness (QED) is 0.937. The number of nitrogens with one attached hydrogen (secondary N) is 1. The van der Waals surface area contributed by atoms with Crippen LogP contribution in [0.25, 0.3) is 0 Å². The Morgan fingerprint density at radius 1 is 1.38 bits per heavy atom. The number of amides is 1. The number of piperidine rings is 1. The maximum Gasteiger partial charge on any atom is 0.225 e. The van der Waals surface area contributed by atoms with Gasteiger partial charge in [0.1, 0.15) is 5.82 Å². The molecule has 1 aromatic carbocycles. The molecule has 3 rings (SSSR count). The van der Waals surface area contributed by atoms with E-state index in [2.05, 4.69) is 15.3 Å². The molecular formula is C18H21FN4O. The molecule has 1 unspecified atom stereocenters. The number of carbonyl (C=O) groups excluding carboxylic acids is 1. The lowest BCUT2D eigenvalue weighted by atomic mass is 9.97. The second kappa shape index (κ2) is 7.38. The SMILES string of the molecule is Cc1ccnc(N2CCCC(C(=O)NCc3ccccc3F)C2)n1. The van der Waals surface area contributed by atoms with Crippen LogP contribution in [0.5, 0.6) is 0 Å². The molecule has 0 bridgehead atoms. The zero-order valence-electron chi connectivity index (χ0n) is 13.7. The molecule has 1 amide bonds. The maximum atomic E-state index is 13.6. The van der Waals surface area contributed by atoms with Crippen LogP contribution in [0.1, 0.15) is 24.1 Å². The zero-order chi connectivity index (χ0) is 16.9. The standard InChI is InChI=1S/C18H21FN4O/c1-13-8-9-20-18(22-13)23-10-4-6-15(12-23)17(24)21-11-14-5-2-3-7-16(14)19/h2-3,5,7-9,15H,4,6,10-12H2,1H3,(H,21,24). The predicted octanol–water partition coefficient (Wildman–Crippen LogP) is 2.46. The lowest BCUT2D eigenvalue weighted by molar-refractivity contribution is -0.125. The van der Waals surface area contributed by atoms with E-state index in [-0.39, 0.29) is 24.2 Å². The largest absolute Gasteiger partial charge is 0.352 e. The van der Waals surface area contributed by atoms with Crippen molar-refractivity contribution < 1.29 is 9.18 Å². The lowest BCUT2D eigenvalue weighted by Gasteiger charge is -2.32. The Morgan fingerprint density at radius 3 is 3.00 bits per heavy atom. The minimum atomic E-state index is -0.295.